The summed E-state index contributed by atoms with van der Waals surface area (Å²) in [5, 5.41) is 6.41. The molecule has 3 nitrogen and oxygen atoms in total. The fourth-order valence-corrected chi connectivity index (χ4v) is 0.837. The number of hydrogen-bond acceptors (Lipinski definition) is 3. The highest BCUT2D eigenvalue weighted by Gasteiger charge is 2.13. The Morgan fingerprint density at radius 2 is 2.30 bits per heavy atom. The quantitative estimate of drug-likeness (QED) is 0.520. The minimum Gasteiger partial charge on any atom is -0.355 e. The third-order valence-corrected chi connectivity index (χ3v) is 1.17. The Bertz CT molecular complexity index is 148. The zero-order chi connectivity index (χ0) is 7.61. The largest absolute Gasteiger partial charge is 0.355 e. The Labute approximate surface area is 63.4 Å². The predicted octanol–water partition coefficient (Wildman–Crippen LogP) is 0.580. The highest BCUT2D eigenvalue weighted by molar-refractivity contribution is 5.81. The highest BCUT2D eigenvalue weighted by Crippen LogP contribution is 1.98. The summed E-state index contributed by atoms with van der Waals surface area (Å²) in [4.78, 5) is 4.22. The van der Waals surface area contributed by atoms with Crippen LogP contribution in [0.15, 0.2) is 4.99 Å². The Hall–Kier alpha value is -0.730. The van der Waals surface area contributed by atoms with E-state index in [0.717, 1.165) is 19.0 Å². The second-order valence-corrected chi connectivity index (χ2v) is 3.53. The summed E-state index contributed by atoms with van der Waals surface area (Å²) in [6.07, 6.45) is 0. The Balaban J connectivity index is 0.000001000. The lowest BCUT2D eigenvalue weighted by molar-refractivity contribution is 0.506. The number of guanidine groups is 1. The van der Waals surface area contributed by atoms with Crippen LogP contribution in [0.2, 0.25) is 0 Å². The van der Waals surface area contributed by atoms with Crippen molar-refractivity contribution in [1.29, 1.82) is 0 Å². The third kappa shape index (κ3) is 2.25. The molecule has 0 bridgehead atoms. The van der Waals surface area contributed by atoms with Gasteiger partial charge < -0.3 is 10.6 Å². The summed E-state index contributed by atoms with van der Waals surface area (Å²) in [5.74, 6) is 0.938. The van der Waals surface area contributed by atoms with Gasteiger partial charge in [0.25, 0.3) is 0 Å². The molecule has 10 heavy (non-hydrogen) atoms. The summed E-state index contributed by atoms with van der Waals surface area (Å²) in [6, 6.07) is 0. The van der Waals surface area contributed by atoms with Crippen LogP contribution in [0, 0.1) is 0 Å². The van der Waals surface area contributed by atoms with Crippen molar-refractivity contribution in [2.75, 3.05) is 13.1 Å². The lowest BCUT2D eigenvalue weighted by Crippen LogP contribution is -2.45. The number of aliphatic imine (C=N–C) groups is 1. The first-order valence-corrected chi connectivity index (χ1v) is 3.64. The Morgan fingerprint density at radius 3 is 2.70 bits per heavy atom. The van der Waals surface area contributed by atoms with Crippen molar-refractivity contribution in [3.8, 4) is 0 Å². The molecule has 1 rings (SSSR count). The average Bonchev–Trinajstić information content (AvgIpc) is 2.12. The number of rotatable bonds is 0. The van der Waals surface area contributed by atoms with Gasteiger partial charge in [0.05, 0.1) is 6.54 Å². The van der Waals surface area contributed by atoms with Crippen LogP contribution < -0.4 is 10.6 Å². The second-order valence-electron chi connectivity index (χ2n) is 3.53. The standard InChI is InChI=1S/C7H15N3.H2/c1-7(2,3)10-6-8-4-5-9-6;/h4-5H2,1-3H3,(H2,8,9,10);1H. The summed E-state index contributed by atoms with van der Waals surface area (Å²) in [5.41, 5.74) is 0.121. The smallest absolute Gasteiger partial charge is 0.191 e. The molecule has 1 heterocycles. The topological polar surface area (TPSA) is 36.4 Å². The molecule has 0 aromatic rings. The molecular weight excluding hydrogens is 126 g/mol. The van der Waals surface area contributed by atoms with Gasteiger partial charge in [-0.15, -0.1) is 0 Å². The highest BCUT2D eigenvalue weighted by atomic mass is 15.2. The first-order chi connectivity index (χ1) is 4.58. The molecule has 0 fully saturated rings. The molecule has 0 atom stereocenters. The van der Waals surface area contributed by atoms with Gasteiger partial charge in [-0.25, -0.2) is 0 Å². The van der Waals surface area contributed by atoms with Crippen molar-refractivity contribution in [2.45, 2.75) is 26.3 Å². The molecule has 0 aromatic heterocycles. The maximum absolute atomic E-state index is 4.22. The van der Waals surface area contributed by atoms with Crippen LogP contribution in [0.1, 0.15) is 22.2 Å². The van der Waals surface area contributed by atoms with Gasteiger partial charge in [-0.2, -0.15) is 0 Å². The lowest BCUT2D eigenvalue weighted by atomic mass is 10.1. The molecule has 0 aromatic carbocycles. The van der Waals surface area contributed by atoms with Crippen LogP contribution in [0.5, 0.6) is 0 Å². The molecule has 0 aliphatic carbocycles. The van der Waals surface area contributed by atoms with E-state index in [4.69, 9.17) is 0 Å². The van der Waals surface area contributed by atoms with Crippen LogP contribution in [-0.2, 0) is 0 Å². The van der Waals surface area contributed by atoms with Crippen LogP contribution in [0.4, 0.5) is 0 Å². The number of nitrogens with zero attached hydrogens (tertiary/aromatic N) is 1. The van der Waals surface area contributed by atoms with Gasteiger partial charge in [0, 0.05) is 13.5 Å². The third-order valence-electron chi connectivity index (χ3n) is 1.17. The summed E-state index contributed by atoms with van der Waals surface area (Å²) >= 11 is 0. The SMILES string of the molecule is CC(C)(C)NC1=NCCN1.[HH]. The molecule has 1 aliphatic rings. The van der Waals surface area contributed by atoms with Gasteiger partial charge in [-0.3, -0.25) is 4.99 Å². The lowest BCUT2D eigenvalue weighted by Gasteiger charge is -2.21. The molecule has 0 unspecified atom stereocenters. The average molecular weight is 143 g/mol. The molecule has 0 saturated heterocycles. The van der Waals surface area contributed by atoms with Crippen LogP contribution >= 0.6 is 0 Å². The van der Waals surface area contributed by atoms with E-state index in [1.807, 2.05) is 0 Å². The van der Waals surface area contributed by atoms with Crippen molar-refractivity contribution >= 4 is 5.96 Å². The van der Waals surface area contributed by atoms with Crippen molar-refractivity contribution in [3.05, 3.63) is 0 Å². The molecule has 0 amide bonds. The minimum atomic E-state index is 0. The van der Waals surface area contributed by atoms with Gasteiger partial charge >= 0.3 is 0 Å². The molecule has 0 radical (unpaired) electrons. The fraction of sp³-hybridized carbons (Fsp3) is 0.857. The van der Waals surface area contributed by atoms with Gasteiger partial charge in [-0.1, -0.05) is 0 Å². The van der Waals surface area contributed by atoms with Gasteiger partial charge in [0.2, 0.25) is 0 Å². The predicted molar refractivity (Wildman–Crippen MR) is 45.3 cm³/mol. The van der Waals surface area contributed by atoms with E-state index in [1.165, 1.54) is 0 Å². The van der Waals surface area contributed by atoms with Crippen LogP contribution in [0.25, 0.3) is 0 Å². The van der Waals surface area contributed by atoms with Crippen molar-refractivity contribution in [1.82, 2.24) is 10.6 Å². The fourth-order valence-electron chi connectivity index (χ4n) is 0.837. The first kappa shape index (κ1) is 7.38. The van der Waals surface area contributed by atoms with E-state index in [-0.39, 0.29) is 6.97 Å². The molecule has 3 heteroatoms. The van der Waals surface area contributed by atoms with Gasteiger partial charge in [0.1, 0.15) is 0 Å². The molecular formula is C7H17N3. The Kier molecular flexibility index (Phi) is 1.83. The number of nitrogens with one attached hydrogen (secondary N) is 2. The number of hydrogen-bond donors (Lipinski definition) is 2. The zero-order valence-electron chi connectivity index (χ0n) is 6.86. The summed E-state index contributed by atoms with van der Waals surface area (Å²) in [7, 11) is 0. The minimum absolute atomic E-state index is 0. The maximum Gasteiger partial charge on any atom is 0.191 e. The normalized spacial score (nSPS) is 18.1. The molecule has 0 spiro atoms. The van der Waals surface area contributed by atoms with E-state index < -0.39 is 0 Å². The molecule has 2 N–H and O–H groups in total. The Morgan fingerprint density at radius 1 is 1.60 bits per heavy atom. The molecule has 1 aliphatic heterocycles. The zero-order valence-corrected chi connectivity index (χ0v) is 6.86. The molecule has 0 saturated carbocycles. The van der Waals surface area contributed by atoms with Gasteiger partial charge in [-0.05, 0) is 20.8 Å². The molecule has 60 valence electrons. The summed E-state index contributed by atoms with van der Waals surface area (Å²) < 4.78 is 0. The van der Waals surface area contributed by atoms with E-state index >= 15 is 0 Å². The van der Waals surface area contributed by atoms with E-state index in [9.17, 15) is 0 Å². The van der Waals surface area contributed by atoms with Crippen LogP contribution in [0.3, 0.4) is 0 Å². The van der Waals surface area contributed by atoms with E-state index in [1.54, 1.807) is 0 Å². The summed E-state index contributed by atoms with van der Waals surface area (Å²) in [6.45, 7) is 8.23. The second kappa shape index (κ2) is 2.48. The van der Waals surface area contributed by atoms with Crippen molar-refractivity contribution in [3.63, 3.8) is 0 Å². The van der Waals surface area contributed by atoms with E-state index in [2.05, 4.69) is 36.4 Å². The van der Waals surface area contributed by atoms with E-state index in [0.29, 0.717) is 0 Å². The van der Waals surface area contributed by atoms with Gasteiger partial charge in [0.15, 0.2) is 5.96 Å². The monoisotopic (exact) mass is 143 g/mol. The maximum atomic E-state index is 4.22. The van der Waals surface area contributed by atoms with Crippen molar-refractivity contribution in [2.24, 2.45) is 4.99 Å². The first-order valence-electron chi connectivity index (χ1n) is 3.64. The van der Waals surface area contributed by atoms with Crippen LogP contribution in [-0.4, -0.2) is 24.6 Å². The van der Waals surface area contributed by atoms with Crippen molar-refractivity contribution < 1.29 is 1.43 Å².